The maximum absolute atomic E-state index is 9.68. The number of pyridine rings is 1. The van der Waals surface area contributed by atoms with Gasteiger partial charge in [0.05, 0.1) is 11.8 Å². The fraction of sp³-hybridized carbons (Fsp3) is 0.333. The van der Waals surface area contributed by atoms with Gasteiger partial charge < -0.3 is 5.11 Å². The van der Waals surface area contributed by atoms with Gasteiger partial charge in [0.25, 0.3) is 0 Å². The highest BCUT2D eigenvalue weighted by molar-refractivity contribution is 5.36. The SMILES string of the molecule is Cc1cc(C)n(-c2ncccc2[C@H](C)O)n1. The molecular formula is C12H15N3O. The van der Waals surface area contributed by atoms with Gasteiger partial charge in [-0.05, 0) is 32.9 Å². The van der Waals surface area contributed by atoms with Crippen LogP contribution in [0.3, 0.4) is 0 Å². The predicted molar refractivity (Wildman–Crippen MR) is 61.5 cm³/mol. The Kier molecular flexibility index (Phi) is 2.75. The Morgan fingerprint density at radius 3 is 2.69 bits per heavy atom. The molecule has 0 fully saturated rings. The van der Waals surface area contributed by atoms with Gasteiger partial charge in [-0.25, -0.2) is 9.67 Å². The van der Waals surface area contributed by atoms with Crippen molar-refractivity contribution in [2.45, 2.75) is 26.9 Å². The zero-order valence-electron chi connectivity index (χ0n) is 9.68. The van der Waals surface area contributed by atoms with Gasteiger partial charge in [0.2, 0.25) is 0 Å². The van der Waals surface area contributed by atoms with Gasteiger partial charge in [0, 0.05) is 17.5 Å². The van der Waals surface area contributed by atoms with E-state index in [4.69, 9.17) is 0 Å². The normalized spacial score (nSPS) is 12.8. The second kappa shape index (κ2) is 4.06. The number of hydrogen-bond donors (Lipinski definition) is 1. The number of aliphatic hydroxyl groups excluding tert-OH is 1. The van der Waals surface area contributed by atoms with Crippen LogP contribution in [0.2, 0.25) is 0 Å². The van der Waals surface area contributed by atoms with E-state index in [1.165, 1.54) is 0 Å². The first-order valence-electron chi connectivity index (χ1n) is 5.26. The molecule has 2 aromatic rings. The minimum absolute atomic E-state index is 0.549. The zero-order chi connectivity index (χ0) is 11.7. The second-order valence-corrected chi connectivity index (χ2v) is 3.93. The highest BCUT2D eigenvalue weighted by Crippen LogP contribution is 2.20. The summed E-state index contributed by atoms with van der Waals surface area (Å²) in [5, 5.41) is 14.0. The highest BCUT2D eigenvalue weighted by Gasteiger charge is 2.12. The zero-order valence-corrected chi connectivity index (χ0v) is 9.68. The molecule has 0 aliphatic carbocycles. The molecule has 0 amide bonds. The Morgan fingerprint density at radius 1 is 1.38 bits per heavy atom. The van der Waals surface area contributed by atoms with Gasteiger partial charge in [-0.3, -0.25) is 0 Å². The molecule has 0 aliphatic rings. The number of aryl methyl sites for hydroxylation is 2. The molecule has 2 aromatic heterocycles. The smallest absolute Gasteiger partial charge is 0.159 e. The summed E-state index contributed by atoms with van der Waals surface area (Å²) < 4.78 is 1.76. The van der Waals surface area contributed by atoms with Crippen molar-refractivity contribution in [3.63, 3.8) is 0 Å². The van der Waals surface area contributed by atoms with E-state index in [1.54, 1.807) is 17.8 Å². The molecule has 0 unspecified atom stereocenters. The van der Waals surface area contributed by atoms with Gasteiger partial charge in [-0.15, -0.1) is 0 Å². The van der Waals surface area contributed by atoms with E-state index in [0.29, 0.717) is 5.82 Å². The predicted octanol–water partition coefficient (Wildman–Crippen LogP) is 1.94. The maximum Gasteiger partial charge on any atom is 0.159 e. The van der Waals surface area contributed by atoms with E-state index in [-0.39, 0.29) is 0 Å². The van der Waals surface area contributed by atoms with Crippen LogP contribution in [0.15, 0.2) is 24.4 Å². The molecular weight excluding hydrogens is 202 g/mol. The first-order chi connectivity index (χ1) is 7.59. The van der Waals surface area contributed by atoms with Gasteiger partial charge in [0.15, 0.2) is 5.82 Å². The van der Waals surface area contributed by atoms with Crippen molar-refractivity contribution in [3.05, 3.63) is 41.3 Å². The summed E-state index contributed by atoms with van der Waals surface area (Å²) in [5.41, 5.74) is 2.74. The number of rotatable bonds is 2. The summed E-state index contributed by atoms with van der Waals surface area (Å²) in [6.45, 7) is 5.64. The van der Waals surface area contributed by atoms with E-state index in [9.17, 15) is 5.11 Å². The number of aromatic nitrogens is 3. The maximum atomic E-state index is 9.68. The van der Waals surface area contributed by atoms with Gasteiger partial charge in [-0.2, -0.15) is 5.10 Å². The van der Waals surface area contributed by atoms with Crippen LogP contribution < -0.4 is 0 Å². The van der Waals surface area contributed by atoms with E-state index < -0.39 is 6.10 Å². The van der Waals surface area contributed by atoms with Crippen molar-refractivity contribution < 1.29 is 5.11 Å². The third-order valence-corrected chi connectivity index (χ3v) is 2.48. The molecule has 0 radical (unpaired) electrons. The summed E-state index contributed by atoms with van der Waals surface area (Å²) in [4.78, 5) is 4.28. The molecule has 1 atom stereocenters. The molecule has 4 heteroatoms. The second-order valence-electron chi connectivity index (χ2n) is 3.93. The summed E-state index contributed by atoms with van der Waals surface area (Å²) >= 11 is 0. The quantitative estimate of drug-likeness (QED) is 0.836. The molecule has 16 heavy (non-hydrogen) atoms. The van der Waals surface area contributed by atoms with Crippen molar-refractivity contribution >= 4 is 0 Å². The van der Waals surface area contributed by atoms with Crippen molar-refractivity contribution in [1.82, 2.24) is 14.8 Å². The first-order valence-corrected chi connectivity index (χ1v) is 5.26. The Hall–Kier alpha value is -1.68. The molecule has 84 valence electrons. The van der Waals surface area contributed by atoms with Crippen LogP contribution in [-0.2, 0) is 0 Å². The van der Waals surface area contributed by atoms with Gasteiger partial charge >= 0.3 is 0 Å². The van der Waals surface area contributed by atoms with Crippen LogP contribution in [-0.4, -0.2) is 19.9 Å². The largest absolute Gasteiger partial charge is 0.389 e. The number of nitrogens with zero attached hydrogens (tertiary/aromatic N) is 3. The van der Waals surface area contributed by atoms with Crippen molar-refractivity contribution in [2.24, 2.45) is 0 Å². The van der Waals surface area contributed by atoms with Crippen LogP contribution in [0.5, 0.6) is 0 Å². The van der Waals surface area contributed by atoms with E-state index in [2.05, 4.69) is 10.1 Å². The molecule has 0 aliphatic heterocycles. The lowest BCUT2D eigenvalue weighted by molar-refractivity contribution is 0.198. The molecule has 0 aromatic carbocycles. The van der Waals surface area contributed by atoms with E-state index in [1.807, 2.05) is 32.0 Å². The summed E-state index contributed by atoms with van der Waals surface area (Å²) in [7, 11) is 0. The summed E-state index contributed by atoms with van der Waals surface area (Å²) in [6.07, 6.45) is 1.16. The minimum atomic E-state index is -0.549. The lowest BCUT2D eigenvalue weighted by Crippen LogP contribution is -2.07. The molecule has 0 spiro atoms. The average Bonchev–Trinajstić information content (AvgIpc) is 2.57. The molecule has 4 nitrogen and oxygen atoms in total. The van der Waals surface area contributed by atoms with Gasteiger partial charge in [0.1, 0.15) is 0 Å². The van der Waals surface area contributed by atoms with Crippen LogP contribution in [0, 0.1) is 13.8 Å². The molecule has 1 N–H and O–H groups in total. The number of aliphatic hydroxyl groups is 1. The third-order valence-electron chi connectivity index (χ3n) is 2.48. The molecule has 2 heterocycles. The molecule has 2 rings (SSSR count). The Labute approximate surface area is 94.6 Å². The van der Waals surface area contributed by atoms with Gasteiger partial charge in [-0.1, -0.05) is 6.07 Å². The Morgan fingerprint density at radius 2 is 2.12 bits per heavy atom. The van der Waals surface area contributed by atoms with E-state index in [0.717, 1.165) is 17.0 Å². The lowest BCUT2D eigenvalue weighted by atomic mass is 10.1. The highest BCUT2D eigenvalue weighted by atomic mass is 16.3. The molecule has 0 bridgehead atoms. The van der Waals surface area contributed by atoms with Crippen LogP contribution >= 0.6 is 0 Å². The monoisotopic (exact) mass is 217 g/mol. The summed E-state index contributed by atoms with van der Waals surface area (Å²) in [6, 6.07) is 5.67. The third kappa shape index (κ3) is 1.84. The topological polar surface area (TPSA) is 50.9 Å². The average molecular weight is 217 g/mol. The minimum Gasteiger partial charge on any atom is -0.389 e. The van der Waals surface area contributed by atoms with Crippen molar-refractivity contribution in [2.75, 3.05) is 0 Å². The molecule has 0 saturated carbocycles. The van der Waals surface area contributed by atoms with Crippen molar-refractivity contribution in [1.29, 1.82) is 0 Å². The fourth-order valence-corrected chi connectivity index (χ4v) is 1.76. The molecule has 0 saturated heterocycles. The lowest BCUT2D eigenvalue weighted by Gasteiger charge is -2.11. The standard InChI is InChI=1S/C12H15N3O/c1-8-7-9(2)15(14-8)12-11(10(3)16)5-4-6-13-12/h4-7,10,16H,1-3H3/t10-/m0/s1. The van der Waals surface area contributed by atoms with Crippen LogP contribution in [0.25, 0.3) is 5.82 Å². The fourth-order valence-electron chi connectivity index (χ4n) is 1.76. The first kappa shape index (κ1) is 10.8. The Bertz CT molecular complexity index is 503. The van der Waals surface area contributed by atoms with Crippen molar-refractivity contribution in [3.8, 4) is 5.82 Å². The Balaban J connectivity index is 2.59. The summed E-state index contributed by atoms with van der Waals surface area (Å²) in [5.74, 6) is 0.697. The van der Waals surface area contributed by atoms with Crippen LogP contribution in [0.1, 0.15) is 30.0 Å². The van der Waals surface area contributed by atoms with Crippen LogP contribution in [0.4, 0.5) is 0 Å². The van der Waals surface area contributed by atoms with E-state index >= 15 is 0 Å². The number of hydrogen-bond acceptors (Lipinski definition) is 3.